The normalized spacial score (nSPS) is 21.7. The highest BCUT2D eigenvalue weighted by atomic mass is 32.2. The number of aromatic nitrogens is 1. The lowest BCUT2D eigenvalue weighted by Crippen LogP contribution is -2.49. The molecule has 1 amide bonds. The summed E-state index contributed by atoms with van der Waals surface area (Å²) in [5.41, 5.74) is 7.67. The monoisotopic (exact) mass is 557 g/mol. The highest BCUT2D eigenvalue weighted by Gasteiger charge is 2.54. The molecular formula is C28H32FN3O6S. The van der Waals surface area contributed by atoms with E-state index in [0.29, 0.717) is 41.0 Å². The molecule has 1 spiro atoms. The molecule has 3 N–H and O–H groups in total. The molecule has 208 valence electrons. The molecule has 39 heavy (non-hydrogen) atoms. The molecule has 5 rings (SSSR count). The predicted octanol–water partition coefficient (Wildman–Crippen LogP) is 4.32. The molecule has 0 radical (unpaired) electrons. The number of halogens is 1. The minimum Gasteiger partial charge on any atom is -0.461 e. The standard InChI is InChI=1S/C28H32FN3O6S/c1-4-37-26(33)25-23(18-8-9-19(22(29)10-18)14-39(3,35)36)21-7-5-6-20(24(21)31-25)16(2)32-15-28(38-27(32)34)11-17(12-28)13-30/h5-10,16-17,31H,4,11-15,30H2,1-3H3/t16-,17?,28?/m0/s1. The fourth-order valence-electron chi connectivity index (χ4n) is 5.83. The summed E-state index contributed by atoms with van der Waals surface area (Å²) >= 11 is 0. The second kappa shape index (κ2) is 9.95. The van der Waals surface area contributed by atoms with Crippen LogP contribution >= 0.6 is 0 Å². The van der Waals surface area contributed by atoms with E-state index in [2.05, 4.69) is 4.98 Å². The number of hydrogen-bond acceptors (Lipinski definition) is 7. The Morgan fingerprint density at radius 3 is 2.69 bits per heavy atom. The van der Waals surface area contributed by atoms with Crippen molar-refractivity contribution in [2.45, 2.75) is 44.1 Å². The van der Waals surface area contributed by atoms with Gasteiger partial charge in [0.1, 0.15) is 17.1 Å². The number of esters is 1. The van der Waals surface area contributed by atoms with Crippen LogP contribution in [-0.4, -0.2) is 61.9 Å². The third kappa shape index (κ3) is 5.00. The van der Waals surface area contributed by atoms with Gasteiger partial charge in [-0.3, -0.25) is 4.90 Å². The van der Waals surface area contributed by atoms with Crippen LogP contribution in [-0.2, 0) is 25.1 Å². The summed E-state index contributed by atoms with van der Waals surface area (Å²) in [6.07, 6.45) is 2.13. The first-order valence-corrected chi connectivity index (χ1v) is 15.0. The van der Waals surface area contributed by atoms with Crippen LogP contribution in [0.4, 0.5) is 9.18 Å². The van der Waals surface area contributed by atoms with Gasteiger partial charge in [0.2, 0.25) is 0 Å². The van der Waals surface area contributed by atoms with Crippen molar-refractivity contribution in [3.05, 3.63) is 59.0 Å². The Morgan fingerprint density at radius 1 is 1.31 bits per heavy atom. The summed E-state index contributed by atoms with van der Waals surface area (Å²) in [5, 5.41) is 0.645. The minimum atomic E-state index is -3.44. The van der Waals surface area contributed by atoms with Crippen LogP contribution in [0.25, 0.3) is 22.0 Å². The van der Waals surface area contributed by atoms with E-state index >= 15 is 4.39 Å². The Bertz CT molecular complexity index is 1560. The van der Waals surface area contributed by atoms with Crippen LogP contribution in [0.5, 0.6) is 0 Å². The van der Waals surface area contributed by atoms with Crippen molar-refractivity contribution >= 4 is 32.8 Å². The van der Waals surface area contributed by atoms with E-state index in [1.54, 1.807) is 17.9 Å². The predicted molar refractivity (Wildman–Crippen MR) is 144 cm³/mol. The maximum absolute atomic E-state index is 15.0. The zero-order valence-electron chi connectivity index (χ0n) is 22.1. The Balaban J connectivity index is 1.57. The molecule has 0 unspecified atom stereocenters. The molecule has 1 aliphatic carbocycles. The Hall–Kier alpha value is -3.44. The fourth-order valence-corrected chi connectivity index (χ4v) is 6.63. The third-order valence-electron chi connectivity index (χ3n) is 7.67. The molecule has 1 aromatic heterocycles. The van der Waals surface area contributed by atoms with Gasteiger partial charge in [-0.1, -0.05) is 30.3 Å². The zero-order valence-corrected chi connectivity index (χ0v) is 22.9. The van der Waals surface area contributed by atoms with E-state index in [9.17, 15) is 18.0 Å². The minimum absolute atomic E-state index is 0.0439. The van der Waals surface area contributed by atoms with Crippen LogP contribution < -0.4 is 5.73 Å². The van der Waals surface area contributed by atoms with Crippen molar-refractivity contribution in [2.75, 3.05) is 26.0 Å². The molecule has 11 heteroatoms. The topological polar surface area (TPSA) is 132 Å². The second-order valence-corrected chi connectivity index (χ2v) is 12.7. The first kappa shape index (κ1) is 27.1. The summed E-state index contributed by atoms with van der Waals surface area (Å²) in [6, 6.07) is 9.36. The molecule has 2 aromatic carbocycles. The van der Waals surface area contributed by atoms with E-state index in [0.717, 1.165) is 24.7 Å². The molecule has 0 bridgehead atoms. The number of nitrogens with zero attached hydrogens (tertiary/aromatic N) is 1. The van der Waals surface area contributed by atoms with Crippen molar-refractivity contribution in [1.29, 1.82) is 0 Å². The number of hydrogen-bond donors (Lipinski definition) is 2. The molecule has 1 atom stereocenters. The molecule has 2 heterocycles. The number of carbonyl (C=O) groups is 2. The van der Waals surface area contributed by atoms with E-state index in [1.165, 1.54) is 12.1 Å². The van der Waals surface area contributed by atoms with Gasteiger partial charge < -0.3 is 20.2 Å². The van der Waals surface area contributed by atoms with Gasteiger partial charge in [0.05, 0.1) is 30.5 Å². The molecular weight excluding hydrogens is 525 g/mol. The second-order valence-electron chi connectivity index (χ2n) is 10.6. The summed E-state index contributed by atoms with van der Waals surface area (Å²) < 4.78 is 49.5. The van der Waals surface area contributed by atoms with Gasteiger partial charge in [-0.05, 0) is 56.3 Å². The van der Waals surface area contributed by atoms with Crippen LogP contribution in [0.3, 0.4) is 0 Å². The lowest BCUT2D eigenvalue weighted by Gasteiger charge is -2.42. The quantitative estimate of drug-likeness (QED) is 0.394. The van der Waals surface area contributed by atoms with Crippen LogP contribution in [0.1, 0.15) is 54.3 Å². The lowest BCUT2D eigenvalue weighted by molar-refractivity contribution is -0.0439. The fraction of sp³-hybridized carbons (Fsp3) is 0.429. The molecule has 9 nitrogen and oxygen atoms in total. The van der Waals surface area contributed by atoms with Crippen LogP contribution in [0.2, 0.25) is 0 Å². The van der Waals surface area contributed by atoms with Gasteiger partial charge in [0.15, 0.2) is 9.84 Å². The van der Waals surface area contributed by atoms with Crippen molar-refractivity contribution in [2.24, 2.45) is 11.7 Å². The van der Waals surface area contributed by atoms with Gasteiger partial charge in [-0.25, -0.2) is 22.4 Å². The largest absolute Gasteiger partial charge is 0.461 e. The number of rotatable bonds is 8. The average Bonchev–Trinajstić information content (AvgIpc) is 3.41. The smallest absolute Gasteiger partial charge is 0.411 e. The number of fused-ring (bicyclic) bond motifs is 1. The SMILES string of the molecule is CCOC(=O)c1[nH]c2c([C@H](C)N3CC4(CC(CN)C4)OC3=O)cccc2c1-c1ccc(CS(C)(=O)=O)c(F)c1. The van der Waals surface area contributed by atoms with Gasteiger partial charge in [-0.2, -0.15) is 0 Å². The highest BCUT2D eigenvalue weighted by Crippen LogP contribution is 2.47. The van der Waals surface area contributed by atoms with E-state index in [-0.39, 0.29) is 23.9 Å². The van der Waals surface area contributed by atoms with Crippen molar-refractivity contribution < 1.29 is 31.9 Å². The molecule has 2 aliphatic rings. The number of nitrogens with one attached hydrogen (secondary N) is 1. The highest BCUT2D eigenvalue weighted by molar-refractivity contribution is 7.89. The van der Waals surface area contributed by atoms with Gasteiger partial charge in [-0.15, -0.1) is 0 Å². The lowest BCUT2D eigenvalue weighted by atomic mass is 9.71. The van der Waals surface area contributed by atoms with E-state index in [1.807, 2.05) is 25.1 Å². The van der Waals surface area contributed by atoms with Crippen molar-refractivity contribution in [1.82, 2.24) is 9.88 Å². The summed E-state index contributed by atoms with van der Waals surface area (Å²) in [5.74, 6) is -1.38. The summed E-state index contributed by atoms with van der Waals surface area (Å²) in [7, 11) is -3.44. The molecule has 2 fully saturated rings. The number of H-pyrrole nitrogens is 1. The summed E-state index contributed by atoms with van der Waals surface area (Å²) in [6.45, 7) is 4.75. The summed E-state index contributed by atoms with van der Waals surface area (Å²) in [4.78, 5) is 30.8. The number of nitrogens with two attached hydrogens (primary N) is 1. The molecule has 1 saturated heterocycles. The molecule has 3 aromatic rings. The van der Waals surface area contributed by atoms with Crippen molar-refractivity contribution in [3.8, 4) is 11.1 Å². The number of ether oxygens (including phenoxy) is 2. The number of para-hydroxylation sites is 1. The van der Waals surface area contributed by atoms with Crippen LogP contribution in [0.15, 0.2) is 36.4 Å². The Kier molecular flexibility index (Phi) is 6.92. The molecule has 1 aliphatic heterocycles. The number of sulfone groups is 1. The number of benzene rings is 2. The maximum atomic E-state index is 15.0. The average molecular weight is 558 g/mol. The number of amides is 1. The number of carbonyl (C=O) groups excluding carboxylic acids is 2. The van der Waals surface area contributed by atoms with E-state index < -0.39 is 39.1 Å². The van der Waals surface area contributed by atoms with Crippen LogP contribution in [0, 0.1) is 11.7 Å². The Labute approximate surface area is 226 Å². The van der Waals surface area contributed by atoms with Gasteiger partial charge >= 0.3 is 12.1 Å². The zero-order chi connectivity index (χ0) is 28.1. The van der Waals surface area contributed by atoms with Crippen molar-refractivity contribution in [3.63, 3.8) is 0 Å². The molecule has 1 saturated carbocycles. The first-order valence-electron chi connectivity index (χ1n) is 12.9. The number of aromatic amines is 1. The Morgan fingerprint density at radius 2 is 2.05 bits per heavy atom. The van der Waals surface area contributed by atoms with Gasteiger partial charge in [0, 0.05) is 22.8 Å². The third-order valence-corrected chi connectivity index (χ3v) is 8.51. The first-order chi connectivity index (χ1) is 18.4. The van der Waals surface area contributed by atoms with E-state index in [4.69, 9.17) is 15.2 Å². The maximum Gasteiger partial charge on any atom is 0.411 e. The van der Waals surface area contributed by atoms with Gasteiger partial charge in [0.25, 0.3) is 0 Å².